The minimum absolute atomic E-state index is 0.0294. The topological polar surface area (TPSA) is 70.6 Å². The van der Waals surface area contributed by atoms with Crippen LogP contribution in [0.4, 0.5) is 4.79 Å². The van der Waals surface area contributed by atoms with Crippen molar-refractivity contribution in [1.82, 2.24) is 10.6 Å². The highest BCUT2D eigenvalue weighted by Crippen LogP contribution is 2.30. The predicted molar refractivity (Wildman–Crippen MR) is 54.6 cm³/mol. The highest BCUT2D eigenvalue weighted by atomic mass is 16.5. The summed E-state index contributed by atoms with van der Waals surface area (Å²) in [6.07, 6.45) is 3.70. The maximum atomic E-state index is 11.6. The summed E-state index contributed by atoms with van der Waals surface area (Å²) in [6, 6.07) is -0.0555. The van der Waals surface area contributed by atoms with Crippen molar-refractivity contribution in [2.24, 2.45) is 0 Å². The Hall–Kier alpha value is -0.810. The van der Waals surface area contributed by atoms with Crippen LogP contribution in [0.3, 0.4) is 0 Å². The van der Waals surface area contributed by atoms with Crippen LogP contribution in [0.25, 0.3) is 0 Å². The minimum Gasteiger partial charge on any atom is -0.394 e. The Kier molecular flexibility index (Phi) is 3.11. The average Bonchev–Trinajstić information content (AvgIpc) is 2.64. The summed E-state index contributed by atoms with van der Waals surface area (Å²) >= 11 is 0. The Labute approximate surface area is 89.2 Å². The van der Waals surface area contributed by atoms with Crippen molar-refractivity contribution in [1.29, 1.82) is 0 Å². The predicted octanol–water partition coefficient (Wildman–Crippen LogP) is -0.0105. The van der Waals surface area contributed by atoms with Gasteiger partial charge in [-0.15, -0.1) is 0 Å². The molecule has 2 amide bonds. The first-order valence-electron chi connectivity index (χ1n) is 5.51. The number of carbonyl (C=O) groups excluding carboxylic acids is 1. The molecule has 1 aliphatic carbocycles. The molecule has 0 aromatic rings. The lowest BCUT2D eigenvalue weighted by molar-refractivity contribution is 0.0950. The largest absolute Gasteiger partial charge is 0.394 e. The third-order valence-corrected chi connectivity index (χ3v) is 3.26. The molecule has 2 rings (SSSR count). The fourth-order valence-electron chi connectivity index (χ4n) is 2.04. The van der Waals surface area contributed by atoms with Crippen LogP contribution in [0.15, 0.2) is 0 Å². The molecule has 2 aliphatic rings. The molecule has 0 aromatic carbocycles. The lowest BCUT2D eigenvalue weighted by atomic mass is 9.77. The van der Waals surface area contributed by atoms with Crippen LogP contribution < -0.4 is 10.6 Å². The fraction of sp³-hybridized carbons (Fsp3) is 0.900. The van der Waals surface area contributed by atoms with Gasteiger partial charge in [0.2, 0.25) is 0 Å². The molecule has 1 saturated heterocycles. The van der Waals surface area contributed by atoms with Crippen molar-refractivity contribution in [3.05, 3.63) is 0 Å². The third kappa shape index (κ3) is 2.41. The van der Waals surface area contributed by atoms with Gasteiger partial charge < -0.3 is 20.5 Å². The van der Waals surface area contributed by atoms with Crippen LogP contribution in [0, 0.1) is 0 Å². The molecular weight excluding hydrogens is 196 g/mol. The summed E-state index contributed by atoms with van der Waals surface area (Å²) in [5, 5.41) is 14.9. The summed E-state index contributed by atoms with van der Waals surface area (Å²) in [5.74, 6) is 0. The molecule has 1 saturated carbocycles. The van der Waals surface area contributed by atoms with Crippen LogP contribution in [0.2, 0.25) is 0 Å². The quantitative estimate of drug-likeness (QED) is 0.619. The minimum atomic E-state index is -0.358. The van der Waals surface area contributed by atoms with Crippen LogP contribution in [-0.4, -0.2) is 42.5 Å². The molecule has 5 nitrogen and oxygen atoms in total. The van der Waals surface area contributed by atoms with E-state index in [1.807, 2.05) is 0 Å². The normalized spacial score (nSPS) is 28.2. The van der Waals surface area contributed by atoms with Crippen molar-refractivity contribution in [3.8, 4) is 0 Å². The molecule has 2 fully saturated rings. The van der Waals surface area contributed by atoms with E-state index in [0.717, 1.165) is 32.3 Å². The zero-order chi connectivity index (χ0) is 10.7. The summed E-state index contributed by atoms with van der Waals surface area (Å²) in [6.45, 7) is 1.34. The maximum Gasteiger partial charge on any atom is 0.315 e. The first-order chi connectivity index (χ1) is 7.24. The fourth-order valence-corrected chi connectivity index (χ4v) is 2.04. The first kappa shape index (κ1) is 10.7. The highest BCUT2D eigenvalue weighted by molar-refractivity contribution is 5.75. The van der Waals surface area contributed by atoms with Gasteiger partial charge in [0, 0.05) is 6.61 Å². The van der Waals surface area contributed by atoms with E-state index in [1.165, 1.54) is 0 Å². The monoisotopic (exact) mass is 214 g/mol. The van der Waals surface area contributed by atoms with Crippen molar-refractivity contribution in [2.75, 3.05) is 19.8 Å². The molecule has 86 valence electrons. The van der Waals surface area contributed by atoms with Gasteiger partial charge in [0.05, 0.1) is 24.8 Å². The van der Waals surface area contributed by atoms with Gasteiger partial charge in [-0.25, -0.2) is 4.79 Å². The van der Waals surface area contributed by atoms with Gasteiger partial charge >= 0.3 is 6.03 Å². The second-order valence-corrected chi connectivity index (χ2v) is 4.45. The van der Waals surface area contributed by atoms with E-state index in [-0.39, 0.29) is 24.2 Å². The van der Waals surface area contributed by atoms with Gasteiger partial charge in [-0.2, -0.15) is 0 Å². The summed E-state index contributed by atoms with van der Waals surface area (Å²) in [7, 11) is 0. The highest BCUT2D eigenvalue weighted by Gasteiger charge is 2.38. The summed E-state index contributed by atoms with van der Waals surface area (Å²) < 4.78 is 5.16. The van der Waals surface area contributed by atoms with Gasteiger partial charge in [-0.1, -0.05) is 0 Å². The van der Waals surface area contributed by atoms with Gasteiger partial charge in [0.1, 0.15) is 0 Å². The Morgan fingerprint density at radius 3 is 2.80 bits per heavy atom. The lowest BCUT2D eigenvalue weighted by Gasteiger charge is -2.41. The first-order valence-corrected chi connectivity index (χ1v) is 5.51. The van der Waals surface area contributed by atoms with Crippen molar-refractivity contribution < 1.29 is 14.6 Å². The molecule has 1 heterocycles. The van der Waals surface area contributed by atoms with Crippen LogP contribution in [0.5, 0.6) is 0 Å². The number of rotatable bonds is 3. The van der Waals surface area contributed by atoms with E-state index in [9.17, 15) is 9.90 Å². The van der Waals surface area contributed by atoms with E-state index >= 15 is 0 Å². The van der Waals surface area contributed by atoms with E-state index in [2.05, 4.69) is 10.6 Å². The van der Waals surface area contributed by atoms with Gasteiger partial charge in [-0.05, 0) is 25.7 Å². The maximum absolute atomic E-state index is 11.6. The van der Waals surface area contributed by atoms with E-state index < -0.39 is 0 Å². The van der Waals surface area contributed by atoms with Gasteiger partial charge in [-0.3, -0.25) is 0 Å². The molecule has 0 radical (unpaired) electrons. The Balaban J connectivity index is 1.76. The molecular formula is C10H18N2O3. The number of ether oxygens (including phenoxy) is 1. The smallest absolute Gasteiger partial charge is 0.315 e. The molecule has 3 N–H and O–H groups in total. The number of aliphatic hydroxyl groups is 1. The Bertz CT molecular complexity index is 229. The van der Waals surface area contributed by atoms with Gasteiger partial charge in [0.15, 0.2) is 0 Å². The Morgan fingerprint density at radius 2 is 2.33 bits per heavy atom. The molecule has 0 bridgehead atoms. The van der Waals surface area contributed by atoms with Crippen molar-refractivity contribution in [2.45, 2.75) is 37.3 Å². The van der Waals surface area contributed by atoms with E-state index in [0.29, 0.717) is 6.61 Å². The SMILES string of the molecule is O=C(NC1CCOC1)NC1(CO)CCC1. The number of carbonyl (C=O) groups is 1. The van der Waals surface area contributed by atoms with Crippen molar-refractivity contribution in [3.63, 3.8) is 0 Å². The zero-order valence-corrected chi connectivity index (χ0v) is 8.79. The van der Waals surface area contributed by atoms with E-state index in [1.54, 1.807) is 0 Å². The van der Waals surface area contributed by atoms with Crippen LogP contribution >= 0.6 is 0 Å². The van der Waals surface area contributed by atoms with Crippen LogP contribution in [-0.2, 0) is 4.74 Å². The van der Waals surface area contributed by atoms with Crippen molar-refractivity contribution >= 4 is 6.03 Å². The molecule has 1 aliphatic heterocycles. The van der Waals surface area contributed by atoms with Gasteiger partial charge in [0.25, 0.3) is 0 Å². The van der Waals surface area contributed by atoms with Crippen LogP contribution in [0.1, 0.15) is 25.7 Å². The molecule has 0 spiro atoms. The molecule has 5 heteroatoms. The summed E-state index contributed by atoms with van der Waals surface area (Å²) in [5.41, 5.74) is -0.358. The average molecular weight is 214 g/mol. The van der Waals surface area contributed by atoms with E-state index in [4.69, 9.17) is 4.74 Å². The number of urea groups is 1. The number of nitrogens with one attached hydrogen (secondary N) is 2. The molecule has 1 atom stereocenters. The third-order valence-electron chi connectivity index (χ3n) is 3.26. The number of hydrogen-bond acceptors (Lipinski definition) is 3. The zero-order valence-electron chi connectivity index (χ0n) is 8.79. The second-order valence-electron chi connectivity index (χ2n) is 4.45. The standard InChI is InChI=1S/C10H18N2O3/c13-7-10(3-1-4-10)12-9(14)11-8-2-5-15-6-8/h8,13H,1-7H2,(H2,11,12,14). The lowest BCUT2D eigenvalue weighted by Crippen LogP contribution is -2.59. The molecule has 0 aromatic heterocycles. The Morgan fingerprint density at radius 1 is 1.53 bits per heavy atom. The second kappa shape index (κ2) is 4.37. The number of amides is 2. The molecule has 1 unspecified atom stereocenters. The number of aliphatic hydroxyl groups excluding tert-OH is 1. The number of hydrogen-bond donors (Lipinski definition) is 3. The molecule has 15 heavy (non-hydrogen) atoms. The summed E-state index contributed by atoms with van der Waals surface area (Å²) in [4.78, 5) is 11.6.